The lowest BCUT2D eigenvalue weighted by Gasteiger charge is -2.20. The highest BCUT2D eigenvalue weighted by Crippen LogP contribution is 2.33. The third-order valence-electron chi connectivity index (χ3n) is 3.88. The maximum absolute atomic E-state index is 4.68. The second-order valence-corrected chi connectivity index (χ2v) is 6.64. The van der Waals surface area contributed by atoms with Gasteiger partial charge in [0.1, 0.15) is 0 Å². The Kier molecular flexibility index (Phi) is 5.35. The van der Waals surface area contributed by atoms with E-state index >= 15 is 0 Å². The molecule has 1 atom stereocenters. The fraction of sp³-hybridized carbons (Fsp3) is 0.562. The molecule has 2 rings (SSSR count). The number of nitrogens with zero attached hydrogens (tertiary/aromatic N) is 2. The minimum atomic E-state index is 0.638. The number of hydrogen-bond donors (Lipinski definition) is 1. The molecule has 1 aromatic carbocycles. The van der Waals surface area contributed by atoms with Crippen LogP contribution >= 0.6 is 11.8 Å². The van der Waals surface area contributed by atoms with Crippen LogP contribution in [-0.2, 0) is 0 Å². The van der Waals surface area contributed by atoms with E-state index in [1.54, 1.807) is 0 Å². The van der Waals surface area contributed by atoms with Crippen LogP contribution in [0.3, 0.4) is 0 Å². The molecule has 0 radical (unpaired) electrons. The van der Waals surface area contributed by atoms with Crippen LogP contribution in [0.2, 0.25) is 0 Å². The molecule has 110 valence electrons. The second kappa shape index (κ2) is 7.02. The minimum Gasteiger partial charge on any atom is -0.376 e. The molecule has 0 amide bonds. The predicted molar refractivity (Wildman–Crippen MR) is 92.1 cm³/mol. The smallest absolute Gasteiger partial charge is 0.161 e. The zero-order valence-electron chi connectivity index (χ0n) is 12.9. The van der Waals surface area contributed by atoms with Gasteiger partial charge in [0, 0.05) is 19.3 Å². The Morgan fingerprint density at radius 2 is 2.00 bits per heavy atom. The van der Waals surface area contributed by atoms with Gasteiger partial charge in [0.15, 0.2) is 5.17 Å². The summed E-state index contributed by atoms with van der Waals surface area (Å²) in [5, 5.41) is 5.20. The Morgan fingerprint density at radius 3 is 2.65 bits per heavy atom. The van der Waals surface area contributed by atoms with Gasteiger partial charge < -0.3 is 10.2 Å². The van der Waals surface area contributed by atoms with Crippen LogP contribution in [0.5, 0.6) is 0 Å². The standard InChI is InChI=1S/C16H25N3S/c1-5-12(6-2)15-11-17-16(20-15)18-13-9-7-8-10-14(13)19(3)4/h7-10,12,15H,5-6,11H2,1-4H3,(H,17,18). The van der Waals surface area contributed by atoms with Gasteiger partial charge in [0.25, 0.3) is 0 Å². The highest BCUT2D eigenvalue weighted by molar-refractivity contribution is 8.15. The van der Waals surface area contributed by atoms with E-state index in [4.69, 9.17) is 0 Å². The van der Waals surface area contributed by atoms with E-state index in [9.17, 15) is 0 Å². The van der Waals surface area contributed by atoms with Crippen molar-refractivity contribution in [1.29, 1.82) is 0 Å². The first-order valence-corrected chi connectivity index (χ1v) is 8.28. The van der Waals surface area contributed by atoms with Crippen LogP contribution in [0.25, 0.3) is 0 Å². The summed E-state index contributed by atoms with van der Waals surface area (Å²) in [6.07, 6.45) is 2.48. The molecule has 1 aliphatic rings. The van der Waals surface area contributed by atoms with Gasteiger partial charge in [-0.25, -0.2) is 0 Å². The van der Waals surface area contributed by atoms with E-state index in [0.717, 1.165) is 23.3 Å². The van der Waals surface area contributed by atoms with Gasteiger partial charge in [0.2, 0.25) is 0 Å². The molecule has 1 aliphatic heterocycles. The molecule has 0 spiro atoms. The number of anilines is 2. The van der Waals surface area contributed by atoms with Crippen molar-refractivity contribution in [3.05, 3.63) is 24.3 Å². The molecular weight excluding hydrogens is 266 g/mol. The summed E-state index contributed by atoms with van der Waals surface area (Å²) in [4.78, 5) is 6.81. The zero-order valence-corrected chi connectivity index (χ0v) is 13.7. The topological polar surface area (TPSA) is 27.6 Å². The van der Waals surface area contributed by atoms with Gasteiger partial charge in [-0.3, -0.25) is 4.99 Å². The Labute approximate surface area is 126 Å². The van der Waals surface area contributed by atoms with E-state index in [1.165, 1.54) is 18.5 Å². The molecular formula is C16H25N3S. The lowest BCUT2D eigenvalue weighted by atomic mass is 9.99. The third kappa shape index (κ3) is 3.48. The second-order valence-electron chi connectivity index (χ2n) is 5.42. The summed E-state index contributed by atoms with van der Waals surface area (Å²) in [6.45, 7) is 5.51. The summed E-state index contributed by atoms with van der Waals surface area (Å²) in [6, 6.07) is 8.37. The quantitative estimate of drug-likeness (QED) is 0.886. The van der Waals surface area contributed by atoms with E-state index in [-0.39, 0.29) is 0 Å². The maximum atomic E-state index is 4.68. The Balaban J connectivity index is 2.02. The van der Waals surface area contributed by atoms with Gasteiger partial charge in [-0.05, 0) is 18.1 Å². The summed E-state index contributed by atoms with van der Waals surface area (Å²) in [5.41, 5.74) is 2.33. The lowest BCUT2D eigenvalue weighted by molar-refractivity contribution is 0.479. The van der Waals surface area contributed by atoms with E-state index in [2.05, 4.69) is 67.4 Å². The van der Waals surface area contributed by atoms with Crippen LogP contribution in [0, 0.1) is 5.92 Å². The summed E-state index contributed by atoms with van der Waals surface area (Å²) >= 11 is 1.90. The number of benzene rings is 1. The van der Waals surface area contributed by atoms with Gasteiger partial charge in [0.05, 0.1) is 17.9 Å². The molecule has 1 unspecified atom stereocenters. The average Bonchev–Trinajstić information content (AvgIpc) is 2.89. The first-order valence-electron chi connectivity index (χ1n) is 7.40. The molecule has 0 bridgehead atoms. The predicted octanol–water partition coefficient (Wildman–Crippen LogP) is 4.07. The Bertz CT molecular complexity index is 467. The summed E-state index contributed by atoms with van der Waals surface area (Å²) < 4.78 is 0. The molecule has 0 saturated carbocycles. The normalized spacial score (nSPS) is 18.2. The molecule has 0 aromatic heterocycles. The average molecular weight is 291 g/mol. The molecule has 4 heteroatoms. The van der Waals surface area contributed by atoms with Crippen molar-refractivity contribution < 1.29 is 0 Å². The van der Waals surface area contributed by atoms with Crippen LogP contribution in [0.4, 0.5) is 11.4 Å². The van der Waals surface area contributed by atoms with Crippen molar-refractivity contribution in [2.75, 3.05) is 30.9 Å². The van der Waals surface area contributed by atoms with Crippen molar-refractivity contribution in [2.45, 2.75) is 31.9 Å². The van der Waals surface area contributed by atoms with Crippen LogP contribution in [0.1, 0.15) is 26.7 Å². The number of aliphatic imine (C=N–C) groups is 1. The van der Waals surface area contributed by atoms with Gasteiger partial charge in [-0.15, -0.1) is 0 Å². The van der Waals surface area contributed by atoms with Crippen LogP contribution in [0.15, 0.2) is 29.3 Å². The molecule has 0 saturated heterocycles. The number of nitrogens with one attached hydrogen (secondary N) is 1. The van der Waals surface area contributed by atoms with Crippen LogP contribution < -0.4 is 10.2 Å². The largest absolute Gasteiger partial charge is 0.376 e. The van der Waals surface area contributed by atoms with Crippen molar-refractivity contribution >= 4 is 28.3 Å². The molecule has 1 aromatic rings. The first kappa shape index (κ1) is 15.2. The minimum absolute atomic E-state index is 0.638. The maximum Gasteiger partial charge on any atom is 0.161 e. The number of para-hydroxylation sites is 2. The molecule has 20 heavy (non-hydrogen) atoms. The number of amidine groups is 1. The first-order chi connectivity index (χ1) is 9.65. The van der Waals surface area contributed by atoms with Crippen molar-refractivity contribution in [3.8, 4) is 0 Å². The fourth-order valence-corrected chi connectivity index (χ4v) is 3.94. The number of rotatable bonds is 5. The Hall–Kier alpha value is -1.16. The van der Waals surface area contributed by atoms with E-state index in [0.29, 0.717) is 5.25 Å². The summed E-state index contributed by atoms with van der Waals surface area (Å²) in [5.74, 6) is 0.771. The van der Waals surface area contributed by atoms with Gasteiger partial charge >= 0.3 is 0 Å². The monoisotopic (exact) mass is 291 g/mol. The van der Waals surface area contributed by atoms with Crippen molar-refractivity contribution in [1.82, 2.24) is 0 Å². The molecule has 0 aliphatic carbocycles. The molecule has 1 N–H and O–H groups in total. The van der Waals surface area contributed by atoms with E-state index in [1.807, 2.05) is 11.8 Å². The fourth-order valence-electron chi connectivity index (χ4n) is 2.60. The number of thioether (sulfide) groups is 1. The third-order valence-corrected chi connectivity index (χ3v) is 5.17. The lowest BCUT2D eigenvalue weighted by Crippen LogP contribution is -2.18. The highest BCUT2D eigenvalue weighted by Gasteiger charge is 2.26. The molecule has 1 heterocycles. The molecule has 0 fully saturated rings. The number of hydrogen-bond acceptors (Lipinski definition) is 4. The highest BCUT2D eigenvalue weighted by atomic mass is 32.2. The molecule has 3 nitrogen and oxygen atoms in total. The summed E-state index contributed by atoms with van der Waals surface area (Å²) in [7, 11) is 4.13. The zero-order chi connectivity index (χ0) is 14.5. The van der Waals surface area contributed by atoms with Crippen molar-refractivity contribution in [2.24, 2.45) is 10.9 Å². The van der Waals surface area contributed by atoms with Gasteiger partial charge in [-0.2, -0.15) is 0 Å². The van der Waals surface area contributed by atoms with Crippen LogP contribution in [-0.4, -0.2) is 31.1 Å². The Morgan fingerprint density at radius 1 is 1.30 bits per heavy atom. The van der Waals surface area contributed by atoms with E-state index < -0.39 is 0 Å². The van der Waals surface area contributed by atoms with Gasteiger partial charge in [-0.1, -0.05) is 50.6 Å². The van der Waals surface area contributed by atoms with Crippen molar-refractivity contribution in [3.63, 3.8) is 0 Å². The SMILES string of the molecule is CCC(CC)C1CN=C(Nc2ccccc2N(C)C)S1.